The molecule has 136 valence electrons. The molecule has 0 unspecified atom stereocenters. The quantitative estimate of drug-likeness (QED) is 0.528. The molecule has 0 aliphatic rings. The van der Waals surface area contributed by atoms with Crippen molar-refractivity contribution < 1.29 is 4.79 Å². The average Bonchev–Trinajstić information content (AvgIpc) is 3.36. The zero-order valence-corrected chi connectivity index (χ0v) is 15.7. The number of pyridine rings is 1. The summed E-state index contributed by atoms with van der Waals surface area (Å²) in [4.78, 5) is 22.5. The Balaban J connectivity index is 1.42. The van der Waals surface area contributed by atoms with Gasteiger partial charge in [-0.25, -0.2) is 9.97 Å². The molecule has 0 spiro atoms. The van der Waals surface area contributed by atoms with Crippen LogP contribution in [0.2, 0.25) is 0 Å². The first-order valence-corrected chi connectivity index (χ1v) is 9.84. The van der Waals surface area contributed by atoms with Crippen LogP contribution in [0.1, 0.15) is 23.3 Å². The van der Waals surface area contributed by atoms with Gasteiger partial charge in [0.05, 0.1) is 11.0 Å². The van der Waals surface area contributed by atoms with E-state index in [2.05, 4.69) is 26.7 Å². The molecule has 3 aromatic heterocycles. The summed E-state index contributed by atoms with van der Waals surface area (Å²) in [5.41, 5.74) is 2.89. The molecule has 0 aliphatic carbocycles. The van der Waals surface area contributed by atoms with Crippen molar-refractivity contribution in [1.29, 1.82) is 0 Å². The molecular weight excluding hydrogens is 356 g/mol. The van der Waals surface area contributed by atoms with Crippen molar-refractivity contribution in [2.75, 3.05) is 0 Å². The smallest absolute Gasteiger partial charge is 0.220 e. The van der Waals surface area contributed by atoms with E-state index < -0.39 is 0 Å². The van der Waals surface area contributed by atoms with E-state index in [0.717, 1.165) is 35.3 Å². The SMILES string of the molecule is O=C(CCCc1cccs1)NCc1cccnc1-n1cnc2ccccc21. The third kappa shape index (κ3) is 4.06. The summed E-state index contributed by atoms with van der Waals surface area (Å²) in [5.74, 6) is 0.863. The number of carbonyl (C=O) groups excluding carboxylic acids is 1. The summed E-state index contributed by atoms with van der Waals surface area (Å²) in [6, 6.07) is 16.0. The zero-order chi connectivity index (χ0) is 18.5. The molecule has 0 radical (unpaired) electrons. The Morgan fingerprint density at radius 3 is 2.89 bits per heavy atom. The normalized spacial score (nSPS) is 11.0. The highest BCUT2D eigenvalue weighted by molar-refractivity contribution is 7.09. The largest absolute Gasteiger partial charge is 0.352 e. The first-order valence-electron chi connectivity index (χ1n) is 8.97. The van der Waals surface area contributed by atoms with Crippen LogP contribution in [0.25, 0.3) is 16.9 Å². The Bertz CT molecular complexity index is 1040. The number of fused-ring (bicyclic) bond motifs is 1. The molecule has 6 heteroatoms. The van der Waals surface area contributed by atoms with Crippen molar-refractivity contribution in [2.24, 2.45) is 0 Å². The van der Waals surface area contributed by atoms with E-state index in [0.29, 0.717) is 13.0 Å². The lowest BCUT2D eigenvalue weighted by molar-refractivity contribution is -0.121. The van der Waals surface area contributed by atoms with Crippen molar-refractivity contribution >= 4 is 28.3 Å². The molecule has 1 aromatic carbocycles. The highest BCUT2D eigenvalue weighted by Crippen LogP contribution is 2.19. The van der Waals surface area contributed by atoms with Crippen molar-refractivity contribution in [2.45, 2.75) is 25.8 Å². The van der Waals surface area contributed by atoms with Crippen molar-refractivity contribution in [1.82, 2.24) is 19.9 Å². The van der Waals surface area contributed by atoms with Gasteiger partial charge in [0, 0.05) is 29.6 Å². The number of benzene rings is 1. The number of thiophene rings is 1. The van der Waals surface area contributed by atoms with Crippen LogP contribution in [0.3, 0.4) is 0 Å². The van der Waals surface area contributed by atoms with E-state index in [9.17, 15) is 4.79 Å². The molecule has 27 heavy (non-hydrogen) atoms. The maximum atomic E-state index is 12.2. The number of rotatable bonds is 7. The monoisotopic (exact) mass is 376 g/mol. The third-order valence-corrected chi connectivity index (χ3v) is 5.37. The van der Waals surface area contributed by atoms with Crippen LogP contribution < -0.4 is 5.32 Å². The van der Waals surface area contributed by atoms with Crippen LogP contribution in [-0.2, 0) is 17.8 Å². The number of hydrogen-bond donors (Lipinski definition) is 1. The number of imidazole rings is 1. The topological polar surface area (TPSA) is 59.8 Å². The second kappa shape index (κ2) is 8.14. The molecule has 0 fully saturated rings. The number of nitrogens with zero attached hydrogens (tertiary/aromatic N) is 3. The summed E-state index contributed by atoms with van der Waals surface area (Å²) in [6.45, 7) is 0.452. The lowest BCUT2D eigenvalue weighted by atomic mass is 10.2. The maximum Gasteiger partial charge on any atom is 0.220 e. The van der Waals surface area contributed by atoms with Crippen LogP contribution in [0.4, 0.5) is 0 Å². The number of carbonyl (C=O) groups is 1. The van der Waals surface area contributed by atoms with Gasteiger partial charge in [0.1, 0.15) is 12.1 Å². The Morgan fingerprint density at radius 1 is 1.07 bits per heavy atom. The van der Waals surface area contributed by atoms with Crippen LogP contribution >= 0.6 is 11.3 Å². The van der Waals surface area contributed by atoms with E-state index in [4.69, 9.17) is 0 Å². The number of para-hydroxylation sites is 2. The number of hydrogen-bond acceptors (Lipinski definition) is 4. The molecule has 4 rings (SSSR count). The average molecular weight is 376 g/mol. The van der Waals surface area contributed by atoms with Crippen LogP contribution in [0, 0.1) is 0 Å². The summed E-state index contributed by atoms with van der Waals surface area (Å²) in [7, 11) is 0. The van der Waals surface area contributed by atoms with Crippen LogP contribution in [-0.4, -0.2) is 20.4 Å². The number of nitrogens with one attached hydrogen (secondary N) is 1. The fraction of sp³-hybridized carbons (Fsp3) is 0.190. The van der Waals surface area contributed by atoms with Crippen molar-refractivity contribution in [3.05, 3.63) is 76.9 Å². The van der Waals surface area contributed by atoms with Crippen molar-refractivity contribution in [3.8, 4) is 5.82 Å². The molecule has 0 atom stereocenters. The molecule has 0 bridgehead atoms. The van der Waals surface area contributed by atoms with Crippen molar-refractivity contribution in [3.63, 3.8) is 0 Å². The Morgan fingerprint density at radius 2 is 2.00 bits per heavy atom. The minimum atomic E-state index is 0.0665. The van der Waals surface area contributed by atoms with Gasteiger partial charge in [0.25, 0.3) is 0 Å². The molecule has 5 nitrogen and oxygen atoms in total. The third-order valence-electron chi connectivity index (χ3n) is 4.43. The van der Waals surface area contributed by atoms with Gasteiger partial charge in [0.2, 0.25) is 5.91 Å². The number of aryl methyl sites for hydroxylation is 1. The predicted octanol–water partition coefficient (Wildman–Crippen LogP) is 4.12. The first kappa shape index (κ1) is 17.4. The first-order chi connectivity index (χ1) is 13.3. The van der Waals surface area contributed by atoms with Gasteiger partial charge in [-0.15, -0.1) is 11.3 Å². The second-order valence-electron chi connectivity index (χ2n) is 6.30. The minimum Gasteiger partial charge on any atom is -0.352 e. The standard InChI is InChI=1S/C21H20N4OS/c26-20(11-3-7-17-8-5-13-27-17)23-14-16-6-4-12-22-21(16)25-15-24-18-9-1-2-10-19(18)25/h1-2,4-6,8-10,12-13,15H,3,7,11,14H2,(H,23,26). The molecule has 0 saturated heterocycles. The molecule has 0 saturated carbocycles. The van der Waals surface area contributed by atoms with Crippen LogP contribution in [0.15, 0.2) is 66.4 Å². The molecular formula is C21H20N4OS. The molecule has 4 aromatic rings. The van der Waals surface area contributed by atoms with Gasteiger partial charge in [-0.1, -0.05) is 24.3 Å². The highest BCUT2D eigenvalue weighted by atomic mass is 32.1. The lowest BCUT2D eigenvalue weighted by Crippen LogP contribution is -2.23. The fourth-order valence-corrected chi connectivity index (χ4v) is 3.82. The zero-order valence-electron chi connectivity index (χ0n) is 14.8. The van der Waals surface area contributed by atoms with Gasteiger partial charge in [0.15, 0.2) is 0 Å². The van der Waals surface area contributed by atoms with Gasteiger partial charge < -0.3 is 5.32 Å². The maximum absolute atomic E-state index is 12.2. The van der Waals surface area contributed by atoms with Crippen LogP contribution in [0.5, 0.6) is 0 Å². The number of amides is 1. The predicted molar refractivity (Wildman–Crippen MR) is 108 cm³/mol. The molecule has 1 N–H and O–H groups in total. The molecule has 3 heterocycles. The van der Waals surface area contributed by atoms with E-state index in [1.165, 1.54) is 4.88 Å². The summed E-state index contributed by atoms with van der Waals surface area (Å²) in [5, 5.41) is 5.09. The molecule has 1 amide bonds. The summed E-state index contributed by atoms with van der Waals surface area (Å²) in [6.07, 6.45) is 5.87. The fourth-order valence-electron chi connectivity index (χ4n) is 3.07. The lowest BCUT2D eigenvalue weighted by Gasteiger charge is -2.11. The van der Waals surface area contributed by atoms with Gasteiger partial charge in [-0.2, -0.15) is 0 Å². The number of aromatic nitrogens is 3. The Labute approximate surface area is 161 Å². The van der Waals surface area contributed by atoms with E-state index >= 15 is 0 Å². The minimum absolute atomic E-state index is 0.0665. The summed E-state index contributed by atoms with van der Waals surface area (Å²) >= 11 is 1.74. The molecule has 0 aliphatic heterocycles. The Kier molecular flexibility index (Phi) is 5.25. The highest BCUT2D eigenvalue weighted by Gasteiger charge is 2.11. The van der Waals surface area contributed by atoms with Gasteiger partial charge in [-0.05, 0) is 42.5 Å². The van der Waals surface area contributed by atoms with E-state index in [-0.39, 0.29) is 5.91 Å². The summed E-state index contributed by atoms with van der Waals surface area (Å²) < 4.78 is 1.97. The van der Waals surface area contributed by atoms with Gasteiger partial charge >= 0.3 is 0 Å². The second-order valence-corrected chi connectivity index (χ2v) is 7.33. The van der Waals surface area contributed by atoms with E-state index in [1.807, 2.05) is 47.0 Å². The van der Waals surface area contributed by atoms with E-state index in [1.54, 1.807) is 23.9 Å². The Hall–Kier alpha value is -2.99. The van der Waals surface area contributed by atoms with Gasteiger partial charge in [-0.3, -0.25) is 9.36 Å².